The minimum atomic E-state index is -2.58. The Morgan fingerprint density at radius 3 is 1.93 bits per heavy atom. The molecule has 1 saturated heterocycles. The van der Waals surface area contributed by atoms with Crippen molar-refractivity contribution in [2.75, 3.05) is 0 Å². The summed E-state index contributed by atoms with van der Waals surface area (Å²) < 4.78 is 12.5. The van der Waals surface area contributed by atoms with Crippen LogP contribution in [0.25, 0.3) is 0 Å². The highest BCUT2D eigenvalue weighted by Gasteiger charge is 2.51. The molecule has 0 aliphatic carbocycles. The molecule has 5 heteroatoms. The van der Waals surface area contributed by atoms with Gasteiger partial charge in [0.05, 0.1) is 6.04 Å². The standard InChI is InChI=1S/C23H31NO3Si/c1-17(16-21-18(2)24-22(25)26-21)27-28(23(3,4)5,19-12-8-6-9-13-19)20-14-10-7-11-15-20/h6-15,17-18,21H,16H2,1-5H3,(H,24,25)/t17-,18+,21-/m1/s1. The Bertz CT molecular complexity index is 749. The Labute approximate surface area is 169 Å². The maximum atomic E-state index is 11.6. The number of alkyl carbamates (subject to hydrolysis) is 1. The number of rotatable bonds is 6. The van der Waals surface area contributed by atoms with Crippen molar-refractivity contribution in [2.45, 2.75) is 64.3 Å². The summed E-state index contributed by atoms with van der Waals surface area (Å²) in [7, 11) is -2.58. The van der Waals surface area contributed by atoms with Crippen molar-refractivity contribution in [3.8, 4) is 0 Å². The van der Waals surface area contributed by atoms with Crippen molar-refractivity contribution in [3.05, 3.63) is 60.7 Å². The first kappa shape index (κ1) is 20.6. The third kappa shape index (κ3) is 4.01. The lowest BCUT2D eigenvalue weighted by atomic mass is 10.1. The highest BCUT2D eigenvalue weighted by atomic mass is 28.4. The number of cyclic esters (lactones) is 1. The molecule has 1 amide bonds. The van der Waals surface area contributed by atoms with E-state index in [1.54, 1.807) is 0 Å². The van der Waals surface area contributed by atoms with Crippen molar-refractivity contribution < 1.29 is 14.0 Å². The zero-order valence-corrected chi connectivity index (χ0v) is 18.4. The summed E-state index contributed by atoms with van der Waals surface area (Å²) in [6, 6.07) is 21.2. The van der Waals surface area contributed by atoms with Gasteiger partial charge in [-0.25, -0.2) is 4.79 Å². The molecule has 2 aromatic carbocycles. The van der Waals surface area contributed by atoms with Gasteiger partial charge in [0.25, 0.3) is 8.32 Å². The van der Waals surface area contributed by atoms with Gasteiger partial charge in [-0.2, -0.15) is 0 Å². The highest BCUT2D eigenvalue weighted by molar-refractivity contribution is 6.99. The van der Waals surface area contributed by atoms with Crippen molar-refractivity contribution in [1.82, 2.24) is 5.32 Å². The van der Waals surface area contributed by atoms with Crippen molar-refractivity contribution >= 4 is 24.8 Å². The Balaban J connectivity index is 2.00. The maximum Gasteiger partial charge on any atom is 0.407 e. The summed E-state index contributed by atoms with van der Waals surface area (Å²) in [4.78, 5) is 11.6. The largest absolute Gasteiger partial charge is 0.444 e. The van der Waals surface area contributed by atoms with Crippen LogP contribution in [-0.2, 0) is 9.16 Å². The Kier molecular flexibility index (Phi) is 5.96. The number of ether oxygens (including phenoxy) is 1. The van der Waals surface area contributed by atoms with E-state index in [1.165, 1.54) is 10.4 Å². The molecule has 2 aromatic rings. The Morgan fingerprint density at radius 2 is 1.54 bits per heavy atom. The van der Waals surface area contributed by atoms with Gasteiger partial charge in [0.2, 0.25) is 0 Å². The van der Waals surface area contributed by atoms with E-state index in [1.807, 2.05) is 19.1 Å². The number of carbonyl (C=O) groups excluding carboxylic acids is 1. The first-order valence-electron chi connectivity index (χ1n) is 10.00. The second-order valence-corrected chi connectivity index (χ2v) is 13.0. The molecule has 0 bridgehead atoms. The van der Waals surface area contributed by atoms with Crippen LogP contribution in [0.1, 0.15) is 41.0 Å². The summed E-state index contributed by atoms with van der Waals surface area (Å²) in [5.41, 5.74) is 0. The third-order valence-electron chi connectivity index (χ3n) is 5.52. The topological polar surface area (TPSA) is 47.6 Å². The van der Waals surface area contributed by atoms with E-state index >= 15 is 0 Å². The summed E-state index contributed by atoms with van der Waals surface area (Å²) >= 11 is 0. The molecule has 1 aliphatic heterocycles. The molecule has 3 atom stereocenters. The van der Waals surface area contributed by atoms with E-state index in [0.717, 1.165) is 0 Å². The lowest BCUT2D eigenvalue weighted by Crippen LogP contribution is -2.67. The van der Waals surface area contributed by atoms with Crippen LogP contribution in [0.5, 0.6) is 0 Å². The van der Waals surface area contributed by atoms with E-state index in [-0.39, 0.29) is 29.4 Å². The van der Waals surface area contributed by atoms with Crippen LogP contribution in [0.3, 0.4) is 0 Å². The fourth-order valence-electron chi connectivity index (χ4n) is 4.17. The highest BCUT2D eigenvalue weighted by Crippen LogP contribution is 2.38. The molecule has 150 valence electrons. The second kappa shape index (κ2) is 8.09. The minimum Gasteiger partial charge on any atom is -0.444 e. The molecule has 28 heavy (non-hydrogen) atoms. The van der Waals surface area contributed by atoms with Gasteiger partial charge in [0.15, 0.2) is 0 Å². The van der Waals surface area contributed by atoms with Gasteiger partial charge in [0, 0.05) is 12.5 Å². The molecule has 1 N–H and O–H groups in total. The predicted molar refractivity (Wildman–Crippen MR) is 116 cm³/mol. The predicted octanol–water partition coefficient (Wildman–Crippen LogP) is 3.84. The Morgan fingerprint density at radius 1 is 1.04 bits per heavy atom. The van der Waals surface area contributed by atoms with Gasteiger partial charge in [-0.05, 0) is 29.3 Å². The normalized spacial score (nSPS) is 21.1. The third-order valence-corrected chi connectivity index (χ3v) is 10.7. The molecule has 0 unspecified atom stereocenters. The van der Waals surface area contributed by atoms with E-state index in [4.69, 9.17) is 9.16 Å². The lowest BCUT2D eigenvalue weighted by Gasteiger charge is -2.45. The molecular weight excluding hydrogens is 366 g/mol. The van der Waals surface area contributed by atoms with E-state index in [9.17, 15) is 4.79 Å². The summed E-state index contributed by atoms with van der Waals surface area (Å²) in [5.74, 6) is 0. The summed E-state index contributed by atoms with van der Waals surface area (Å²) in [6.45, 7) is 10.9. The first-order chi connectivity index (χ1) is 13.2. The summed E-state index contributed by atoms with van der Waals surface area (Å²) in [5, 5.41) is 5.27. The van der Waals surface area contributed by atoms with Crippen LogP contribution in [0.4, 0.5) is 4.79 Å². The van der Waals surface area contributed by atoms with Crippen LogP contribution in [0.15, 0.2) is 60.7 Å². The van der Waals surface area contributed by atoms with Gasteiger partial charge >= 0.3 is 6.09 Å². The van der Waals surface area contributed by atoms with Gasteiger partial charge in [-0.3, -0.25) is 0 Å². The molecule has 0 aromatic heterocycles. The lowest BCUT2D eigenvalue weighted by molar-refractivity contribution is 0.0890. The molecule has 0 saturated carbocycles. The second-order valence-electron chi connectivity index (χ2n) is 8.70. The van der Waals surface area contributed by atoms with Gasteiger partial charge in [-0.1, -0.05) is 81.4 Å². The molecule has 1 aliphatic rings. The molecule has 4 nitrogen and oxygen atoms in total. The molecule has 0 spiro atoms. The van der Waals surface area contributed by atoms with Crippen molar-refractivity contribution in [2.24, 2.45) is 0 Å². The number of amides is 1. The number of carbonyl (C=O) groups is 1. The fraction of sp³-hybridized carbons (Fsp3) is 0.435. The van der Waals surface area contributed by atoms with Crippen molar-refractivity contribution in [1.29, 1.82) is 0 Å². The number of benzene rings is 2. The summed E-state index contributed by atoms with van der Waals surface area (Å²) in [6.07, 6.45) is 0.118. The van der Waals surface area contributed by atoms with Gasteiger partial charge in [0.1, 0.15) is 6.10 Å². The van der Waals surface area contributed by atoms with E-state index in [0.29, 0.717) is 6.42 Å². The Hall–Kier alpha value is -2.11. The zero-order valence-electron chi connectivity index (χ0n) is 17.4. The SMILES string of the molecule is C[C@H](C[C@H]1OC(=O)N[C@H]1C)O[Si](c1ccccc1)(c1ccccc1)C(C)(C)C. The van der Waals surface area contributed by atoms with E-state index in [2.05, 4.69) is 81.5 Å². The molecule has 1 heterocycles. The number of hydrogen-bond donors (Lipinski definition) is 1. The number of nitrogens with one attached hydrogen (secondary N) is 1. The first-order valence-corrected chi connectivity index (χ1v) is 11.9. The molecule has 0 radical (unpaired) electrons. The van der Waals surface area contributed by atoms with Crippen LogP contribution in [-0.4, -0.2) is 32.7 Å². The average molecular weight is 398 g/mol. The molecular formula is C23H31NO3Si. The van der Waals surface area contributed by atoms with Crippen LogP contribution >= 0.6 is 0 Å². The maximum absolute atomic E-state index is 11.6. The molecule has 1 fully saturated rings. The minimum absolute atomic E-state index is 0.00213. The average Bonchev–Trinajstić information content (AvgIpc) is 2.97. The monoisotopic (exact) mass is 397 g/mol. The fourth-order valence-corrected chi connectivity index (χ4v) is 8.89. The van der Waals surface area contributed by atoms with E-state index < -0.39 is 8.32 Å². The smallest absolute Gasteiger partial charge is 0.407 e. The number of hydrogen-bond acceptors (Lipinski definition) is 3. The quantitative estimate of drug-likeness (QED) is 0.754. The van der Waals surface area contributed by atoms with Crippen LogP contribution < -0.4 is 15.7 Å². The van der Waals surface area contributed by atoms with Crippen molar-refractivity contribution in [3.63, 3.8) is 0 Å². The molecule has 3 rings (SSSR count). The zero-order chi connectivity index (χ0) is 20.4. The van der Waals surface area contributed by atoms with Crippen LogP contribution in [0, 0.1) is 0 Å². The van der Waals surface area contributed by atoms with Crippen LogP contribution in [0.2, 0.25) is 5.04 Å². The van der Waals surface area contributed by atoms with Gasteiger partial charge < -0.3 is 14.5 Å². The van der Waals surface area contributed by atoms with Gasteiger partial charge in [-0.15, -0.1) is 0 Å².